The fraction of sp³-hybridized carbons (Fsp3) is 0.929. The Morgan fingerprint density at radius 3 is 1.90 bits per heavy atom. The van der Waals surface area contributed by atoms with Gasteiger partial charge in [0.15, 0.2) is 0 Å². The minimum Gasteiger partial charge on any atom is -0.450 e. The van der Waals surface area contributed by atoms with Gasteiger partial charge in [-0.2, -0.15) is 0 Å². The number of ether oxygens (including phenoxy) is 1. The fourth-order valence-corrected chi connectivity index (χ4v) is 4.06. The number of carbonyl (C=O) groups excluding carboxylic acids is 1. The van der Waals surface area contributed by atoms with Crippen LogP contribution in [-0.4, -0.2) is 24.0 Å². The van der Waals surface area contributed by atoms with Gasteiger partial charge in [0.2, 0.25) is 5.85 Å². The van der Waals surface area contributed by atoms with Crippen molar-refractivity contribution in [1.82, 2.24) is 0 Å². The fourth-order valence-electron chi connectivity index (χ4n) is 1.79. The highest BCUT2D eigenvalue weighted by Crippen LogP contribution is 2.57. The van der Waals surface area contributed by atoms with Crippen LogP contribution in [0.3, 0.4) is 0 Å². The van der Waals surface area contributed by atoms with Crippen molar-refractivity contribution in [2.45, 2.75) is 85.3 Å². The molecule has 0 rings (SSSR count). The molecule has 0 aliphatic rings. The SMILES string of the molecule is CCCCC[C@@H](OC(C)=O)P(=O)(OC(C)C)OC(C)C. The summed E-state index contributed by atoms with van der Waals surface area (Å²) in [6.45, 7) is 10.5. The van der Waals surface area contributed by atoms with E-state index in [1.807, 2.05) is 0 Å². The average Bonchev–Trinajstić information content (AvgIpc) is 2.25. The molecule has 0 aromatic rings. The van der Waals surface area contributed by atoms with Gasteiger partial charge in [-0.15, -0.1) is 0 Å². The molecule has 0 heterocycles. The van der Waals surface area contributed by atoms with Crippen molar-refractivity contribution in [2.75, 3.05) is 0 Å². The van der Waals surface area contributed by atoms with Gasteiger partial charge in [-0.25, -0.2) is 0 Å². The van der Waals surface area contributed by atoms with E-state index in [0.717, 1.165) is 19.3 Å². The van der Waals surface area contributed by atoms with Crippen LogP contribution < -0.4 is 0 Å². The Bertz CT molecular complexity index is 314. The van der Waals surface area contributed by atoms with E-state index in [9.17, 15) is 9.36 Å². The second-order valence-electron chi connectivity index (χ2n) is 5.41. The second-order valence-corrected chi connectivity index (χ2v) is 7.49. The van der Waals surface area contributed by atoms with Gasteiger partial charge in [0, 0.05) is 6.92 Å². The first kappa shape index (κ1) is 19.6. The third kappa shape index (κ3) is 8.03. The van der Waals surface area contributed by atoms with E-state index in [1.54, 1.807) is 27.7 Å². The highest BCUT2D eigenvalue weighted by Gasteiger charge is 2.40. The van der Waals surface area contributed by atoms with Crippen molar-refractivity contribution in [1.29, 1.82) is 0 Å². The van der Waals surface area contributed by atoms with E-state index in [-0.39, 0.29) is 12.2 Å². The Kier molecular flexibility index (Phi) is 9.36. The van der Waals surface area contributed by atoms with Gasteiger partial charge in [0.05, 0.1) is 12.2 Å². The normalized spacial score (nSPS) is 13.8. The Hall–Kier alpha value is -0.380. The smallest absolute Gasteiger partial charge is 0.371 e. The van der Waals surface area contributed by atoms with E-state index in [4.69, 9.17) is 13.8 Å². The van der Waals surface area contributed by atoms with E-state index < -0.39 is 19.4 Å². The summed E-state index contributed by atoms with van der Waals surface area (Å²) < 4.78 is 29.2. The largest absolute Gasteiger partial charge is 0.450 e. The van der Waals surface area contributed by atoms with E-state index >= 15 is 0 Å². The standard InChI is InChI=1S/C14H29O5P/c1-7-8-9-10-14(17-13(6)15)20(16,18-11(2)3)19-12(4)5/h11-12,14H,7-10H2,1-6H3/t14-/m0/s1. The van der Waals surface area contributed by atoms with Gasteiger partial charge in [-0.3, -0.25) is 9.36 Å². The average molecular weight is 308 g/mol. The van der Waals surface area contributed by atoms with E-state index in [1.165, 1.54) is 6.92 Å². The Balaban J connectivity index is 5.04. The first-order valence-corrected chi connectivity index (χ1v) is 8.96. The first-order valence-electron chi connectivity index (χ1n) is 7.35. The van der Waals surface area contributed by atoms with Crippen molar-refractivity contribution in [2.24, 2.45) is 0 Å². The molecule has 0 aliphatic heterocycles. The molecule has 0 fully saturated rings. The molecule has 5 nitrogen and oxygen atoms in total. The summed E-state index contributed by atoms with van der Waals surface area (Å²) in [7, 11) is -3.48. The van der Waals surface area contributed by atoms with Crippen molar-refractivity contribution < 1.29 is 23.1 Å². The molecule has 0 amide bonds. The summed E-state index contributed by atoms with van der Waals surface area (Å²) >= 11 is 0. The van der Waals surface area contributed by atoms with Gasteiger partial charge < -0.3 is 13.8 Å². The summed E-state index contributed by atoms with van der Waals surface area (Å²) in [6, 6.07) is 0. The van der Waals surface area contributed by atoms with Crippen molar-refractivity contribution in [3.8, 4) is 0 Å². The van der Waals surface area contributed by atoms with Gasteiger partial charge in [0.25, 0.3) is 0 Å². The number of rotatable bonds is 10. The van der Waals surface area contributed by atoms with Gasteiger partial charge >= 0.3 is 13.6 Å². The summed E-state index contributed by atoms with van der Waals surface area (Å²) in [4.78, 5) is 11.3. The molecule has 6 heteroatoms. The van der Waals surface area contributed by atoms with E-state index in [2.05, 4.69) is 6.92 Å². The molecule has 0 saturated heterocycles. The van der Waals surface area contributed by atoms with Crippen LogP contribution in [0.15, 0.2) is 0 Å². The molecule has 1 atom stereocenters. The predicted octanol–water partition coefficient (Wildman–Crippen LogP) is 4.50. The lowest BCUT2D eigenvalue weighted by atomic mass is 10.2. The quantitative estimate of drug-likeness (QED) is 0.338. The maximum atomic E-state index is 12.9. The molecule has 0 N–H and O–H groups in total. The first-order chi connectivity index (χ1) is 9.21. The van der Waals surface area contributed by atoms with Gasteiger partial charge in [0.1, 0.15) is 0 Å². The summed E-state index contributed by atoms with van der Waals surface area (Å²) in [5.41, 5.74) is 0. The minimum atomic E-state index is -3.48. The summed E-state index contributed by atoms with van der Waals surface area (Å²) in [5.74, 6) is -1.29. The van der Waals surface area contributed by atoms with Crippen LogP contribution in [0.4, 0.5) is 0 Å². The number of carbonyl (C=O) groups is 1. The predicted molar refractivity (Wildman–Crippen MR) is 79.7 cm³/mol. The zero-order chi connectivity index (χ0) is 15.8. The molecule has 0 radical (unpaired) electrons. The zero-order valence-corrected chi connectivity index (χ0v) is 14.4. The number of hydrogen-bond acceptors (Lipinski definition) is 5. The lowest BCUT2D eigenvalue weighted by Gasteiger charge is -2.29. The maximum absolute atomic E-state index is 12.9. The van der Waals surface area contributed by atoms with Gasteiger partial charge in [-0.1, -0.05) is 19.8 Å². The topological polar surface area (TPSA) is 61.8 Å². The maximum Gasteiger partial charge on any atom is 0.371 e. The lowest BCUT2D eigenvalue weighted by molar-refractivity contribution is -0.144. The monoisotopic (exact) mass is 308 g/mol. The molecule has 0 spiro atoms. The van der Waals surface area contributed by atoms with Crippen molar-refractivity contribution >= 4 is 13.6 Å². The van der Waals surface area contributed by atoms with Crippen molar-refractivity contribution in [3.63, 3.8) is 0 Å². The molecule has 0 aromatic heterocycles. The molecule has 20 heavy (non-hydrogen) atoms. The Labute approximate surface area is 122 Å². The Morgan fingerprint density at radius 1 is 1.05 bits per heavy atom. The third-order valence-corrected chi connectivity index (χ3v) is 4.92. The molecule has 0 saturated carbocycles. The lowest BCUT2D eigenvalue weighted by Crippen LogP contribution is -2.23. The van der Waals surface area contributed by atoms with Crippen LogP contribution in [0.2, 0.25) is 0 Å². The molecule has 0 bridgehead atoms. The summed E-state index contributed by atoms with van der Waals surface area (Å²) in [5, 5.41) is 0. The highest BCUT2D eigenvalue weighted by molar-refractivity contribution is 7.54. The number of unbranched alkanes of at least 4 members (excludes halogenated alkanes) is 2. The van der Waals surface area contributed by atoms with Crippen LogP contribution in [0.1, 0.15) is 67.2 Å². The molecule has 120 valence electrons. The third-order valence-electron chi connectivity index (χ3n) is 2.42. The van der Waals surface area contributed by atoms with Crippen LogP contribution in [0, 0.1) is 0 Å². The molecular weight excluding hydrogens is 279 g/mol. The van der Waals surface area contributed by atoms with E-state index in [0.29, 0.717) is 6.42 Å². The number of esters is 1. The van der Waals surface area contributed by atoms with Crippen LogP contribution in [-0.2, 0) is 23.1 Å². The van der Waals surface area contributed by atoms with Crippen LogP contribution in [0.5, 0.6) is 0 Å². The summed E-state index contributed by atoms with van der Waals surface area (Å²) in [6.07, 6.45) is 2.81. The van der Waals surface area contributed by atoms with Crippen LogP contribution >= 0.6 is 7.60 Å². The second kappa shape index (κ2) is 9.54. The highest BCUT2D eigenvalue weighted by atomic mass is 31.2. The Morgan fingerprint density at radius 2 is 1.55 bits per heavy atom. The molecule has 0 aromatic carbocycles. The minimum absolute atomic E-state index is 0.260. The number of hydrogen-bond donors (Lipinski definition) is 0. The molecule has 0 aliphatic carbocycles. The van der Waals surface area contributed by atoms with Crippen LogP contribution in [0.25, 0.3) is 0 Å². The van der Waals surface area contributed by atoms with Crippen molar-refractivity contribution in [3.05, 3.63) is 0 Å². The molecular formula is C14H29O5P. The van der Waals surface area contributed by atoms with Gasteiger partial charge in [-0.05, 0) is 40.5 Å². The molecule has 0 unspecified atom stereocenters. The zero-order valence-electron chi connectivity index (χ0n) is 13.5.